The van der Waals surface area contributed by atoms with Gasteiger partial charge in [-0.1, -0.05) is 0 Å². The third kappa shape index (κ3) is 3.58. The number of benzene rings is 1. The summed E-state index contributed by atoms with van der Waals surface area (Å²) in [5.74, 6) is -5.42. The predicted molar refractivity (Wildman–Crippen MR) is 84.9 cm³/mol. The van der Waals surface area contributed by atoms with E-state index in [9.17, 15) is 27.1 Å². The number of furan rings is 1. The van der Waals surface area contributed by atoms with Crippen molar-refractivity contribution in [2.75, 3.05) is 17.1 Å². The molecule has 7 nitrogen and oxygen atoms in total. The molecule has 0 fully saturated rings. The van der Waals surface area contributed by atoms with Gasteiger partial charge in [-0.15, -0.1) is 0 Å². The summed E-state index contributed by atoms with van der Waals surface area (Å²) >= 11 is 0. The van der Waals surface area contributed by atoms with Gasteiger partial charge in [0.05, 0.1) is 11.3 Å². The molecular formula is C15H15F2NO6S. The molecule has 25 heavy (non-hydrogen) atoms. The number of hydrogen-bond donors (Lipinski definition) is 1. The molecule has 0 unspecified atom stereocenters. The van der Waals surface area contributed by atoms with Gasteiger partial charge in [0.15, 0.2) is 5.76 Å². The molecule has 0 spiro atoms. The average molecular weight is 375 g/mol. The zero-order valence-electron chi connectivity index (χ0n) is 13.5. The van der Waals surface area contributed by atoms with Gasteiger partial charge in [0.1, 0.15) is 11.6 Å². The second kappa shape index (κ2) is 6.71. The number of anilines is 1. The smallest absolute Gasteiger partial charge is 0.308 e. The maximum absolute atomic E-state index is 14.0. The lowest BCUT2D eigenvalue weighted by molar-refractivity contribution is -0.132. The summed E-state index contributed by atoms with van der Waals surface area (Å²) < 4.78 is 61.8. The van der Waals surface area contributed by atoms with E-state index in [1.165, 1.54) is 6.92 Å². The molecule has 0 radical (unpaired) electrons. The van der Waals surface area contributed by atoms with Gasteiger partial charge >= 0.3 is 5.97 Å². The Morgan fingerprint density at radius 1 is 1.36 bits per heavy atom. The van der Waals surface area contributed by atoms with Crippen LogP contribution in [0.15, 0.2) is 22.6 Å². The molecule has 0 bridgehead atoms. The molecule has 1 aromatic heterocycles. The van der Waals surface area contributed by atoms with E-state index in [0.717, 1.165) is 26.1 Å². The van der Waals surface area contributed by atoms with Crippen LogP contribution in [-0.2, 0) is 14.8 Å². The van der Waals surface area contributed by atoms with Gasteiger partial charge in [-0.2, -0.15) is 0 Å². The van der Waals surface area contributed by atoms with Crippen LogP contribution in [-0.4, -0.2) is 32.3 Å². The molecule has 136 valence electrons. The Morgan fingerprint density at radius 3 is 2.52 bits per heavy atom. The van der Waals surface area contributed by atoms with E-state index < -0.39 is 50.8 Å². The van der Waals surface area contributed by atoms with Gasteiger partial charge in [-0.05, 0) is 19.1 Å². The van der Waals surface area contributed by atoms with Gasteiger partial charge in [-0.3, -0.25) is 4.79 Å². The van der Waals surface area contributed by atoms with Gasteiger partial charge in [0.2, 0.25) is 21.5 Å². The fourth-order valence-electron chi connectivity index (χ4n) is 2.01. The highest BCUT2D eigenvalue weighted by molar-refractivity contribution is 7.92. The summed E-state index contributed by atoms with van der Waals surface area (Å²) in [5.41, 5.74) is -0.333. The Labute approximate surface area is 142 Å². The van der Waals surface area contributed by atoms with E-state index in [0.29, 0.717) is 10.4 Å². The molecule has 1 aromatic carbocycles. The number of sulfonamides is 1. The van der Waals surface area contributed by atoms with Crippen LogP contribution < -0.4 is 9.04 Å². The molecule has 0 saturated heterocycles. The quantitative estimate of drug-likeness (QED) is 0.807. The van der Waals surface area contributed by atoms with Gasteiger partial charge in [0, 0.05) is 20.0 Å². The Morgan fingerprint density at radius 2 is 2.00 bits per heavy atom. The molecule has 0 saturated carbocycles. The maximum atomic E-state index is 14.0. The SMILES string of the molecule is CCS(=O)(=O)N(C)c1oc(-c2ccc(F)cc2F)c(O)c1OC(C)=O. The summed E-state index contributed by atoms with van der Waals surface area (Å²) in [4.78, 5) is 11.3. The lowest BCUT2D eigenvalue weighted by atomic mass is 10.1. The average Bonchev–Trinajstić information content (AvgIpc) is 2.83. The second-order valence-electron chi connectivity index (χ2n) is 5.00. The topological polar surface area (TPSA) is 97.1 Å². The number of esters is 1. The summed E-state index contributed by atoms with van der Waals surface area (Å²) in [6.07, 6.45) is 0. The van der Waals surface area contributed by atoms with Gasteiger partial charge < -0.3 is 14.3 Å². The van der Waals surface area contributed by atoms with Crippen molar-refractivity contribution in [3.8, 4) is 22.8 Å². The van der Waals surface area contributed by atoms with Crippen LogP contribution in [0.4, 0.5) is 14.7 Å². The first kappa shape index (κ1) is 18.7. The van der Waals surface area contributed by atoms with Crippen LogP contribution in [0, 0.1) is 11.6 Å². The van der Waals surface area contributed by atoms with Crippen molar-refractivity contribution in [2.24, 2.45) is 0 Å². The molecule has 1 N–H and O–H groups in total. The summed E-state index contributed by atoms with van der Waals surface area (Å²) in [5, 5.41) is 10.2. The minimum atomic E-state index is -3.83. The normalized spacial score (nSPS) is 11.4. The lowest BCUT2D eigenvalue weighted by Gasteiger charge is -2.16. The van der Waals surface area contributed by atoms with Crippen LogP contribution >= 0.6 is 0 Å². The third-order valence-electron chi connectivity index (χ3n) is 3.31. The molecule has 0 atom stereocenters. The predicted octanol–water partition coefficient (Wildman–Crippen LogP) is 2.64. The Kier molecular flexibility index (Phi) is 5.02. The molecular weight excluding hydrogens is 360 g/mol. The van der Waals surface area contributed by atoms with Crippen molar-refractivity contribution >= 4 is 21.9 Å². The van der Waals surface area contributed by atoms with Crippen molar-refractivity contribution in [1.82, 2.24) is 0 Å². The highest BCUT2D eigenvalue weighted by Crippen LogP contribution is 2.48. The fraction of sp³-hybridized carbons (Fsp3) is 0.267. The second-order valence-corrected chi connectivity index (χ2v) is 7.29. The van der Waals surface area contributed by atoms with Crippen LogP contribution in [0.1, 0.15) is 13.8 Å². The summed E-state index contributed by atoms with van der Waals surface area (Å²) in [6.45, 7) is 2.41. The van der Waals surface area contributed by atoms with E-state index in [2.05, 4.69) is 0 Å². The van der Waals surface area contributed by atoms with E-state index >= 15 is 0 Å². The largest absolute Gasteiger partial charge is 0.502 e. The van der Waals surface area contributed by atoms with E-state index in [-0.39, 0.29) is 11.3 Å². The first-order valence-electron chi connectivity index (χ1n) is 7.04. The van der Waals surface area contributed by atoms with Crippen LogP contribution in [0.25, 0.3) is 11.3 Å². The fourth-order valence-corrected chi connectivity index (χ4v) is 2.78. The van der Waals surface area contributed by atoms with Crippen LogP contribution in [0.2, 0.25) is 0 Å². The minimum absolute atomic E-state index is 0.301. The van der Waals surface area contributed by atoms with Crippen molar-refractivity contribution in [2.45, 2.75) is 13.8 Å². The standard InChI is InChI=1S/C15H15F2NO6S/c1-4-25(21,22)18(3)15-14(23-8(2)19)12(20)13(24-15)10-6-5-9(16)7-11(10)17/h5-7,20H,4H2,1-3H3. The number of ether oxygens (including phenoxy) is 1. The molecule has 2 aromatic rings. The van der Waals surface area contributed by atoms with E-state index in [4.69, 9.17) is 9.15 Å². The summed E-state index contributed by atoms with van der Waals surface area (Å²) in [6, 6.07) is 2.49. The minimum Gasteiger partial charge on any atom is -0.502 e. The zero-order chi connectivity index (χ0) is 18.9. The number of aromatic hydroxyl groups is 1. The zero-order valence-corrected chi connectivity index (χ0v) is 14.4. The van der Waals surface area contributed by atoms with Gasteiger partial charge in [-0.25, -0.2) is 21.5 Å². The number of rotatable bonds is 5. The van der Waals surface area contributed by atoms with Crippen molar-refractivity contribution in [3.63, 3.8) is 0 Å². The molecule has 0 aliphatic rings. The summed E-state index contributed by atoms with van der Waals surface area (Å²) in [7, 11) is -2.71. The van der Waals surface area contributed by atoms with E-state index in [1.54, 1.807) is 0 Å². The number of carbonyl (C=O) groups is 1. The number of carbonyl (C=O) groups excluding carboxylic acids is 1. The molecule has 10 heteroatoms. The van der Waals surface area contributed by atoms with E-state index in [1.807, 2.05) is 0 Å². The van der Waals surface area contributed by atoms with Crippen molar-refractivity contribution in [3.05, 3.63) is 29.8 Å². The molecule has 2 rings (SSSR count). The maximum Gasteiger partial charge on any atom is 0.308 e. The first-order chi connectivity index (χ1) is 11.6. The van der Waals surface area contributed by atoms with Crippen LogP contribution in [0.3, 0.4) is 0 Å². The van der Waals surface area contributed by atoms with Gasteiger partial charge in [0.25, 0.3) is 5.88 Å². The highest BCUT2D eigenvalue weighted by atomic mass is 32.2. The Hall–Kier alpha value is -2.62. The number of hydrogen-bond acceptors (Lipinski definition) is 6. The lowest BCUT2D eigenvalue weighted by Crippen LogP contribution is -2.28. The monoisotopic (exact) mass is 375 g/mol. The third-order valence-corrected chi connectivity index (χ3v) is 5.04. The first-order valence-corrected chi connectivity index (χ1v) is 8.65. The molecule has 1 heterocycles. The molecule has 0 aliphatic heterocycles. The van der Waals surface area contributed by atoms with Crippen molar-refractivity contribution < 1.29 is 36.3 Å². The Bertz CT molecular complexity index is 922. The van der Waals surface area contributed by atoms with Crippen LogP contribution in [0.5, 0.6) is 11.5 Å². The molecule has 0 aliphatic carbocycles. The Balaban J connectivity index is 2.70. The molecule has 0 amide bonds. The highest BCUT2D eigenvalue weighted by Gasteiger charge is 2.31. The van der Waals surface area contributed by atoms with Crippen molar-refractivity contribution in [1.29, 1.82) is 0 Å². The number of nitrogens with zero attached hydrogens (tertiary/aromatic N) is 1. The number of halogens is 2.